The van der Waals surface area contributed by atoms with Gasteiger partial charge in [-0.25, -0.2) is 0 Å². The SMILES string of the molecule is CCCCCc1ccc(-c2ccc(CCCC(P(=O)(OCC)OCC)S(=O)(=O)O)cc2)cc1. The molecule has 8 heteroatoms. The number of hydrogen-bond donors (Lipinski definition) is 1. The van der Waals surface area contributed by atoms with E-state index in [1.54, 1.807) is 13.8 Å². The Morgan fingerprint density at radius 1 is 0.788 bits per heavy atom. The van der Waals surface area contributed by atoms with Crippen LogP contribution in [0, 0.1) is 0 Å². The Morgan fingerprint density at radius 3 is 1.64 bits per heavy atom. The van der Waals surface area contributed by atoms with Crippen molar-refractivity contribution in [1.29, 1.82) is 0 Å². The maximum Gasteiger partial charge on any atom is 0.351 e. The summed E-state index contributed by atoms with van der Waals surface area (Å²) in [6.45, 7) is 5.48. The Kier molecular flexibility index (Phi) is 11.3. The van der Waals surface area contributed by atoms with E-state index in [0.29, 0.717) is 12.8 Å². The summed E-state index contributed by atoms with van der Waals surface area (Å²) in [5.41, 5.74) is 4.66. The Morgan fingerprint density at radius 2 is 1.24 bits per heavy atom. The molecule has 0 radical (unpaired) electrons. The molecular weight excluding hydrogens is 459 g/mol. The van der Waals surface area contributed by atoms with Crippen LogP contribution in [0.1, 0.15) is 64.0 Å². The van der Waals surface area contributed by atoms with Crippen LogP contribution in [-0.4, -0.2) is 31.2 Å². The van der Waals surface area contributed by atoms with E-state index < -0.39 is 22.7 Å². The summed E-state index contributed by atoms with van der Waals surface area (Å²) in [4.78, 5) is -1.58. The highest BCUT2D eigenvalue weighted by atomic mass is 32.2. The molecule has 2 rings (SSSR count). The first-order chi connectivity index (χ1) is 15.7. The standard InChI is InChI=1S/C25H37O6PS/c1-4-7-8-10-21-13-17-23(18-14-21)24-19-15-22(16-20-24)11-9-12-25(33(27,28)29)32(26,30-5-2)31-6-3/h13-20,25H,4-12H2,1-3H3,(H,27,28,29). The number of unbranched alkanes of at least 4 members (excludes halogenated alkanes) is 2. The largest absolute Gasteiger partial charge is 0.351 e. The third kappa shape index (κ3) is 8.66. The molecule has 33 heavy (non-hydrogen) atoms. The van der Waals surface area contributed by atoms with Gasteiger partial charge in [0.2, 0.25) is 0 Å². The molecule has 184 valence electrons. The van der Waals surface area contributed by atoms with E-state index in [0.717, 1.165) is 23.1 Å². The Bertz CT molecular complexity index is 977. The predicted molar refractivity (Wildman–Crippen MR) is 134 cm³/mol. The summed E-state index contributed by atoms with van der Waals surface area (Å²) < 4.78 is 56.7. The minimum atomic E-state index is -4.59. The number of benzene rings is 2. The molecule has 0 amide bonds. The molecule has 0 aromatic heterocycles. The van der Waals surface area contributed by atoms with Gasteiger partial charge in [-0.15, -0.1) is 0 Å². The zero-order valence-electron chi connectivity index (χ0n) is 19.9. The van der Waals surface area contributed by atoms with Crippen LogP contribution in [0.4, 0.5) is 0 Å². The number of aryl methyl sites for hydroxylation is 2. The van der Waals surface area contributed by atoms with Gasteiger partial charge >= 0.3 is 7.60 Å². The van der Waals surface area contributed by atoms with Crippen molar-refractivity contribution in [2.45, 2.75) is 70.7 Å². The van der Waals surface area contributed by atoms with Gasteiger partial charge in [-0.2, -0.15) is 8.42 Å². The summed E-state index contributed by atoms with van der Waals surface area (Å²) >= 11 is 0. The molecule has 1 unspecified atom stereocenters. The van der Waals surface area contributed by atoms with Crippen molar-refractivity contribution in [2.75, 3.05) is 13.2 Å². The van der Waals surface area contributed by atoms with Gasteiger partial charge in [0.1, 0.15) is 0 Å². The average Bonchev–Trinajstić information content (AvgIpc) is 2.77. The normalized spacial score (nSPS) is 13.2. The monoisotopic (exact) mass is 496 g/mol. The van der Waals surface area contributed by atoms with E-state index in [1.807, 2.05) is 24.3 Å². The van der Waals surface area contributed by atoms with Crippen LogP contribution in [0.3, 0.4) is 0 Å². The second-order valence-electron chi connectivity index (χ2n) is 8.09. The lowest BCUT2D eigenvalue weighted by molar-refractivity contribution is 0.215. The topological polar surface area (TPSA) is 89.9 Å². The molecule has 1 atom stereocenters. The molecule has 1 N–H and O–H groups in total. The quantitative estimate of drug-likeness (QED) is 0.164. The summed E-state index contributed by atoms with van der Waals surface area (Å²) in [7, 11) is -8.56. The highest BCUT2D eigenvalue weighted by Gasteiger charge is 2.43. The maximum atomic E-state index is 12.9. The van der Waals surface area contributed by atoms with Gasteiger partial charge in [-0.1, -0.05) is 68.3 Å². The lowest BCUT2D eigenvalue weighted by Gasteiger charge is -2.24. The minimum Gasteiger partial charge on any atom is -0.308 e. The highest BCUT2D eigenvalue weighted by molar-refractivity contribution is 7.94. The van der Waals surface area contributed by atoms with Crippen LogP contribution in [0.15, 0.2) is 48.5 Å². The Labute approximate surface area is 199 Å². The van der Waals surface area contributed by atoms with Crippen LogP contribution in [0.2, 0.25) is 0 Å². The summed E-state index contributed by atoms with van der Waals surface area (Å²) in [6, 6.07) is 16.8. The Balaban J connectivity index is 1.99. The second-order valence-corrected chi connectivity index (χ2v) is 12.3. The summed E-state index contributed by atoms with van der Waals surface area (Å²) in [6.07, 6.45) is 5.78. The van der Waals surface area contributed by atoms with Crippen LogP contribution in [-0.2, 0) is 36.6 Å². The first-order valence-electron chi connectivity index (χ1n) is 11.8. The zero-order chi connectivity index (χ0) is 24.3. The van der Waals surface area contributed by atoms with Gasteiger partial charge in [-0.3, -0.25) is 9.12 Å². The molecule has 0 saturated heterocycles. The first-order valence-corrected chi connectivity index (χ1v) is 14.9. The smallest absolute Gasteiger partial charge is 0.308 e. The first kappa shape index (κ1) is 27.7. The molecule has 6 nitrogen and oxygen atoms in total. The lowest BCUT2D eigenvalue weighted by Crippen LogP contribution is -2.23. The molecule has 0 fully saturated rings. The van der Waals surface area contributed by atoms with Gasteiger partial charge in [0, 0.05) is 0 Å². The molecule has 0 bridgehead atoms. The zero-order valence-corrected chi connectivity index (χ0v) is 21.6. The van der Waals surface area contributed by atoms with Crippen molar-refractivity contribution >= 4 is 17.7 Å². The fraction of sp³-hybridized carbons (Fsp3) is 0.520. The van der Waals surface area contributed by atoms with E-state index in [-0.39, 0.29) is 19.6 Å². The van der Waals surface area contributed by atoms with Crippen LogP contribution < -0.4 is 0 Å². The van der Waals surface area contributed by atoms with Gasteiger partial charge < -0.3 is 9.05 Å². The lowest BCUT2D eigenvalue weighted by atomic mass is 9.99. The van der Waals surface area contributed by atoms with Crippen molar-refractivity contribution in [3.8, 4) is 11.1 Å². The second kappa shape index (κ2) is 13.4. The maximum absolute atomic E-state index is 12.9. The van der Waals surface area contributed by atoms with Gasteiger partial charge in [0.05, 0.1) is 13.2 Å². The van der Waals surface area contributed by atoms with Gasteiger partial charge in [0.15, 0.2) is 4.99 Å². The van der Waals surface area contributed by atoms with Crippen molar-refractivity contribution in [1.82, 2.24) is 0 Å². The molecule has 2 aromatic rings. The van der Waals surface area contributed by atoms with Crippen LogP contribution in [0.25, 0.3) is 11.1 Å². The molecule has 0 heterocycles. The minimum absolute atomic E-state index is 0.0165. The van der Waals surface area contributed by atoms with E-state index in [1.165, 1.54) is 24.8 Å². The highest BCUT2D eigenvalue weighted by Crippen LogP contribution is 2.56. The van der Waals surface area contributed by atoms with Gasteiger partial charge in [-0.05, 0) is 68.2 Å². The molecule has 0 aliphatic rings. The van der Waals surface area contributed by atoms with Crippen molar-refractivity contribution < 1.29 is 26.6 Å². The fourth-order valence-electron chi connectivity index (χ4n) is 3.82. The predicted octanol–water partition coefficient (Wildman–Crippen LogP) is 6.89. The van der Waals surface area contributed by atoms with E-state index in [4.69, 9.17) is 9.05 Å². The number of hydrogen-bond acceptors (Lipinski definition) is 5. The van der Waals surface area contributed by atoms with Crippen molar-refractivity contribution in [3.63, 3.8) is 0 Å². The van der Waals surface area contributed by atoms with Crippen LogP contribution in [0.5, 0.6) is 0 Å². The number of rotatable bonds is 15. The molecule has 2 aromatic carbocycles. The van der Waals surface area contributed by atoms with Gasteiger partial charge in [0.25, 0.3) is 10.1 Å². The van der Waals surface area contributed by atoms with Crippen molar-refractivity contribution in [3.05, 3.63) is 59.7 Å². The molecule has 0 aliphatic heterocycles. The van der Waals surface area contributed by atoms with Crippen LogP contribution >= 0.6 is 7.60 Å². The van der Waals surface area contributed by atoms with E-state index in [2.05, 4.69) is 31.2 Å². The summed E-state index contributed by atoms with van der Waals surface area (Å²) in [5, 5.41) is 0. The Hall–Kier alpha value is -1.50. The molecule has 0 aliphatic carbocycles. The van der Waals surface area contributed by atoms with E-state index >= 15 is 0 Å². The molecule has 0 saturated carbocycles. The van der Waals surface area contributed by atoms with Crippen molar-refractivity contribution in [2.24, 2.45) is 0 Å². The average molecular weight is 497 g/mol. The summed E-state index contributed by atoms with van der Waals surface area (Å²) in [5.74, 6) is 0. The third-order valence-electron chi connectivity index (χ3n) is 5.54. The molecular formula is C25H37O6PS. The molecule has 0 spiro atoms. The van der Waals surface area contributed by atoms with E-state index in [9.17, 15) is 17.5 Å². The third-order valence-corrected chi connectivity index (χ3v) is 10.2. The fourth-order valence-corrected chi connectivity index (χ4v) is 7.58.